The molecule has 78 valence electrons. The lowest BCUT2D eigenvalue weighted by atomic mass is 10.2. The van der Waals surface area contributed by atoms with Crippen LogP contribution in [0.4, 0.5) is 0 Å². The molecule has 0 rings (SSSR count). The lowest BCUT2D eigenvalue weighted by molar-refractivity contribution is -0.143. The van der Waals surface area contributed by atoms with Crippen LogP contribution in [0.3, 0.4) is 0 Å². The van der Waals surface area contributed by atoms with E-state index in [0.29, 0.717) is 0 Å². The highest BCUT2D eigenvalue weighted by molar-refractivity contribution is 5.86. The molecule has 0 heterocycles. The molecule has 2 atom stereocenters. The predicted molar refractivity (Wildman–Crippen MR) is 48.1 cm³/mol. The summed E-state index contributed by atoms with van der Waals surface area (Å²) >= 11 is 0. The third-order valence-corrected chi connectivity index (χ3v) is 1.47. The summed E-state index contributed by atoms with van der Waals surface area (Å²) in [5.41, 5.74) is 5.30. The first-order chi connectivity index (χ1) is 6.52. The molecule has 0 saturated carbocycles. The Balaban J connectivity index is 4.16. The molecule has 0 aromatic heterocycles. The van der Waals surface area contributed by atoms with Gasteiger partial charge in [0.05, 0.1) is 12.6 Å². The number of terminal acetylenes is 1. The number of aliphatic hydroxyl groups excluding tert-OH is 1. The Hall–Kier alpha value is -1.58. The van der Waals surface area contributed by atoms with E-state index in [-0.39, 0.29) is 6.42 Å². The fraction of sp³-hybridized carbons (Fsp3) is 0.500. The molecule has 6 heteroatoms. The third-order valence-electron chi connectivity index (χ3n) is 1.47. The van der Waals surface area contributed by atoms with E-state index in [1.807, 2.05) is 5.32 Å². The van der Waals surface area contributed by atoms with Crippen molar-refractivity contribution in [3.63, 3.8) is 0 Å². The van der Waals surface area contributed by atoms with Crippen LogP contribution in [0, 0.1) is 12.3 Å². The quantitative estimate of drug-likeness (QED) is 0.380. The molecule has 0 aliphatic rings. The Labute approximate surface area is 81.1 Å². The van der Waals surface area contributed by atoms with Gasteiger partial charge in [-0.1, -0.05) is 0 Å². The van der Waals surface area contributed by atoms with Crippen LogP contribution >= 0.6 is 0 Å². The number of amides is 1. The van der Waals surface area contributed by atoms with E-state index in [2.05, 4.69) is 5.92 Å². The average molecular weight is 200 g/mol. The number of rotatable bonds is 5. The number of aliphatic carboxylic acids is 1. The Morgan fingerprint density at radius 1 is 1.57 bits per heavy atom. The molecule has 0 aromatic rings. The fourth-order valence-electron chi connectivity index (χ4n) is 0.684. The molecule has 0 fully saturated rings. The molecule has 2 unspecified atom stereocenters. The number of aliphatic hydroxyl groups is 1. The van der Waals surface area contributed by atoms with Gasteiger partial charge in [0.1, 0.15) is 6.04 Å². The first-order valence-electron chi connectivity index (χ1n) is 3.86. The Morgan fingerprint density at radius 3 is 2.50 bits per heavy atom. The van der Waals surface area contributed by atoms with E-state index in [4.69, 9.17) is 22.4 Å². The highest BCUT2D eigenvalue weighted by Gasteiger charge is 2.21. The Morgan fingerprint density at radius 2 is 2.14 bits per heavy atom. The molecule has 0 aliphatic carbocycles. The zero-order valence-electron chi connectivity index (χ0n) is 7.43. The van der Waals surface area contributed by atoms with Crippen molar-refractivity contribution in [3.8, 4) is 12.3 Å². The lowest BCUT2D eigenvalue weighted by Gasteiger charge is -2.14. The van der Waals surface area contributed by atoms with E-state index in [1.54, 1.807) is 0 Å². The van der Waals surface area contributed by atoms with Gasteiger partial charge in [-0.3, -0.25) is 4.79 Å². The van der Waals surface area contributed by atoms with Crippen LogP contribution in [-0.4, -0.2) is 40.8 Å². The Kier molecular flexibility index (Phi) is 5.29. The zero-order chi connectivity index (χ0) is 11.1. The number of nitrogens with one attached hydrogen (secondary N) is 1. The molecule has 0 radical (unpaired) electrons. The van der Waals surface area contributed by atoms with Gasteiger partial charge < -0.3 is 21.3 Å². The molecule has 0 aliphatic heterocycles. The van der Waals surface area contributed by atoms with Crippen LogP contribution in [0.25, 0.3) is 0 Å². The summed E-state index contributed by atoms with van der Waals surface area (Å²) in [6, 6.07) is -2.29. The highest BCUT2D eigenvalue weighted by Crippen LogP contribution is 1.89. The second kappa shape index (κ2) is 5.96. The molecular weight excluding hydrogens is 188 g/mol. The predicted octanol–water partition coefficient (Wildman–Crippen LogP) is -2.10. The third kappa shape index (κ3) is 3.89. The molecule has 0 bridgehead atoms. The molecule has 5 N–H and O–H groups in total. The maximum atomic E-state index is 11.1. The summed E-state index contributed by atoms with van der Waals surface area (Å²) in [4.78, 5) is 21.5. The molecule has 0 saturated heterocycles. The van der Waals surface area contributed by atoms with Crippen molar-refractivity contribution in [1.29, 1.82) is 0 Å². The topological polar surface area (TPSA) is 113 Å². The molecule has 1 amide bonds. The standard InChI is InChI=1S/C8H12N2O4/c1-2-3-5(9)7(12)10-6(4-11)8(13)14/h1,5-6,11H,3-4,9H2,(H,10,12)(H,13,14). The number of carboxylic acid groups (broad SMARTS) is 1. The van der Waals surface area contributed by atoms with Gasteiger partial charge >= 0.3 is 5.97 Å². The number of nitrogens with two attached hydrogens (primary N) is 1. The van der Waals surface area contributed by atoms with Crippen LogP contribution < -0.4 is 11.1 Å². The molecule has 0 aromatic carbocycles. The molecule has 14 heavy (non-hydrogen) atoms. The summed E-state index contributed by atoms with van der Waals surface area (Å²) < 4.78 is 0. The minimum Gasteiger partial charge on any atom is -0.480 e. The van der Waals surface area contributed by atoms with E-state index >= 15 is 0 Å². The summed E-state index contributed by atoms with van der Waals surface area (Å²) in [6.45, 7) is -0.691. The molecule has 6 nitrogen and oxygen atoms in total. The van der Waals surface area contributed by atoms with E-state index < -0.39 is 30.6 Å². The number of hydrogen-bond donors (Lipinski definition) is 4. The van der Waals surface area contributed by atoms with Crippen molar-refractivity contribution < 1.29 is 19.8 Å². The van der Waals surface area contributed by atoms with Crippen molar-refractivity contribution in [3.05, 3.63) is 0 Å². The van der Waals surface area contributed by atoms with Crippen molar-refractivity contribution >= 4 is 11.9 Å². The van der Waals surface area contributed by atoms with Gasteiger partial charge in [0.25, 0.3) is 0 Å². The number of hydrogen-bond acceptors (Lipinski definition) is 4. The second-order valence-corrected chi connectivity index (χ2v) is 2.60. The molecular formula is C8H12N2O4. The second-order valence-electron chi connectivity index (χ2n) is 2.60. The first kappa shape index (κ1) is 12.4. The van der Waals surface area contributed by atoms with Gasteiger partial charge in [-0.05, 0) is 0 Å². The van der Waals surface area contributed by atoms with Crippen LogP contribution in [0.1, 0.15) is 6.42 Å². The fourth-order valence-corrected chi connectivity index (χ4v) is 0.684. The summed E-state index contributed by atoms with van der Waals surface area (Å²) in [5.74, 6) is 0.158. The highest BCUT2D eigenvalue weighted by atomic mass is 16.4. The van der Waals surface area contributed by atoms with Gasteiger partial charge in [0.15, 0.2) is 0 Å². The van der Waals surface area contributed by atoms with E-state index in [1.165, 1.54) is 0 Å². The minimum absolute atomic E-state index is 0.0175. The van der Waals surface area contributed by atoms with Gasteiger partial charge in [0, 0.05) is 6.42 Å². The van der Waals surface area contributed by atoms with Gasteiger partial charge in [-0.2, -0.15) is 0 Å². The van der Waals surface area contributed by atoms with Crippen molar-refractivity contribution in [1.82, 2.24) is 5.32 Å². The smallest absolute Gasteiger partial charge is 0.328 e. The van der Waals surface area contributed by atoms with Crippen molar-refractivity contribution in [2.24, 2.45) is 5.73 Å². The zero-order valence-corrected chi connectivity index (χ0v) is 7.43. The van der Waals surface area contributed by atoms with Crippen LogP contribution in [0.15, 0.2) is 0 Å². The summed E-state index contributed by atoms with van der Waals surface area (Å²) in [5, 5.41) is 19.1. The lowest BCUT2D eigenvalue weighted by Crippen LogP contribution is -2.49. The maximum Gasteiger partial charge on any atom is 0.328 e. The van der Waals surface area contributed by atoms with Crippen LogP contribution in [0.2, 0.25) is 0 Å². The van der Waals surface area contributed by atoms with Crippen molar-refractivity contribution in [2.75, 3.05) is 6.61 Å². The van der Waals surface area contributed by atoms with Gasteiger partial charge in [0.2, 0.25) is 5.91 Å². The Bertz CT molecular complexity index is 259. The van der Waals surface area contributed by atoms with Crippen molar-refractivity contribution in [2.45, 2.75) is 18.5 Å². The largest absolute Gasteiger partial charge is 0.480 e. The summed E-state index contributed by atoms with van der Waals surface area (Å²) in [6.07, 6.45) is 4.93. The van der Waals surface area contributed by atoms with Gasteiger partial charge in [-0.15, -0.1) is 12.3 Å². The van der Waals surface area contributed by atoms with Crippen LogP contribution in [0.5, 0.6) is 0 Å². The SMILES string of the molecule is C#CCC(N)C(=O)NC(CO)C(=O)O. The number of carbonyl (C=O) groups is 2. The first-order valence-corrected chi connectivity index (χ1v) is 3.86. The monoisotopic (exact) mass is 200 g/mol. The minimum atomic E-state index is -1.34. The van der Waals surface area contributed by atoms with E-state index in [9.17, 15) is 9.59 Å². The average Bonchev–Trinajstić information content (AvgIpc) is 2.13. The summed E-state index contributed by atoms with van der Waals surface area (Å²) in [7, 11) is 0. The van der Waals surface area contributed by atoms with Crippen LogP contribution in [-0.2, 0) is 9.59 Å². The molecule has 0 spiro atoms. The number of carboxylic acids is 1. The van der Waals surface area contributed by atoms with E-state index in [0.717, 1.165) is 0 Å². The number of carbonyl (C=O) groups excluding carboxylic acids is 1. The maximum absolute atomic E-state index is 11.1. The normalized spacial score (nSPS) is 13.8. The van der Waals surface area contributed by atoms with Gasteiger partial charge in [-0.25, -0.2) is 4.79 Å².